The molecule has 146 valence electrons. The highest BCUT2D eigenvalue weighted by molar-refractivity contribution is 7.92. The van der Waals surface area contributed by atoms with Crippen molar-refractivity contribution in [1.29, 1.82) is 0 Å². The van der Waals surface area contributed by atoms with Crippen LogP contribution in [0.25, 0.3) is 11.0 Å². The van der Waals surface area contributed by atoms with Gasteiger partial charge in [0.05, 0.1) is 28.5 Å². The van der Waals surface area contributed by atoms with Gasteiger partial charge in [-0.05, 0) is 37.1 Å². The van der Waals surface area contributed by atoms with E-state index in [0.29, 0.717) is 24.3 Å². The number of H-pyrrole nitrogens is 1. The number of para-hydroxylation sites is 3. The first-order chi connectivity index (χ1) is 13.4. The summed E-state index contributed by atoms with van der Waals surface area (Å²) in [7, 11) is -3.47. The predicted octanol–water partition coefficient (Wildman–Crippen LogP) is 2.95. The second kappa shape index (κ2) is 7.27. The third kappa shape index (κ3) is 3.87. The van der Waals surface area contributed by atoms with Crippen molar-refractivity contribution in [2.45, 2.75) is 18.8 Å². The molecular weight excluding hydrogens is 376 g/mol. The number of fused-ring (bicyclic) bond motifs is 1. The van der Waals surface area contributed by atoms with E-state index in [1.54, 1.807) is 29.2 Å². The van der Waals surface area contributed by atoms with Crippen molar-refractivity contribution in [2.24, 2.45) is 0 Å². The van der Waals surface area contributed by atoms with Crippen LogP contribution in [0.3, 0.4) is 0 Å². The smallest absolute Gasteiger partial charge is 0.256 e. The number of imidazole rings is 1. The number of carbonyl (C=O) groups excluding carboxylic acids is 1. The molecule has 28 heavy (non-hydrogen) atoms. The van der Waals surface area contributed by atoms with E-state index in [2.05, 4.69) is 14.7 Å². The molecule has 0 aliphatic carbocycles. The molecule has 2 N–H and O–H groups in total. The van der Waals surface area contributed by atoms with Gasteiger partial charge in [0.15, 0.2) is 0 Å². The number of hydrogen-bond acceptors (Lipinski definition) is 4. The summed E-state index contributed by atoms with van der Waals surface area (Å²) in [5.74, 6) is 0.842. The first-order valence-electron chi connectivity index (χ1n) is 9.21. The molecule has 0 radical (unpaired) electrons. The fourth-order valence-corrected chi connectivity index (χ4v) is 4.26. The minimum atomic E-state index is -3.47. The zero-order valence-electron chi connectivity index (χ0n) is 15.6. The fraction of sp³-hybridized carbons (Fsp3) is 0.300. The number of hydrogen-bond donors (Lipinski definition) is 2. The molecular formula is C20H22N4O3S. The molecule has 1 aliphatic heterocycles. The molecule has 1 aromatic heterocycles. The number of piperidine rings is 1. The maximum Gasteiger partial charge on any atom is 0.256 e. The molecule has 0 spiro atoms. The summed E-state index contributed by atoms with van der Waals surface area (Å²) < 4.78 is 25.7. The molecule has 2 aromatic carbocycles. The number of rotatable bonds is 4. The number of anilines is 1. The van der Waals surface area contributed by atoms with E-state index >= 15 is 0 Å². The van der Waals surface area contributed by atoms with Gasteiger partial charge >= 0.3 is 0 Å². The van der Waals surface area contributed by atoms with Crippen LogP contribution in [0.15, 0.2) is 48.5 Å². The molecule has 2 heterocycles. The predicted molar refractivity (Wildman–Crippen MR) is 109 cm³/mol. The number of amides is 1. The van der Waals surface area contributed by atoms with E-state index in [1.807, 2.05) is 24.3 Å². The summed E-state index contributed by atoms with van der Waals surface area (Å²) in [5, 5.41) is 0. The highest BCUT2D eigenvalue weighted by Gasteiger charge is 2.28. The molecule has 8 heteroatoms. The molecule has 1 atom stereocenters. The fourth-order valence-electron chi connectivity index (χ4n) is 3.68. The summed E-state index contributed by atoms with van der Waals surface area (Å²) in [6.07, 6.45) is 2.90. The average molecular weight is 398 g/mol. The minimum absolute atomic E-state index is 0.125. The normalized spacial score (nSPS) is 17.6. The van der Waals surface area contributed by atoms with Gasteiger partial charge in [0.25, 0.3) is 5.91 Å². The molecule has 0 bridgehead atoms. The Morgan fingerprint density at radius 3 is 2.71 bits per heavy atom. The lowest BCUT2D eigenvalue weighted by molar-refractivity contribution is 0.0706. The molecule has 1 saturated heterocycles. The van der Waals surface area contributed by atoms with Gasteiger partial charge in [0.2, 0.25) is 10.0 Å². The number of carbonyl (C=O) groups is 1. The Labute approximate surface area is 163 Å². The van der Waals surface area contributed by atoms with E-state index in [4.69, 9.17) is 0 Å². The molecule has 3 aromatic rings. The Bertz CT molecular complexity index is 1090. The lowest BCUT2D eigenvalue weighted by Gasteiger charge is -2.32. The number of aromatic amines is 1. The van der Waals surface area contributed by atoms with E-state index in [-0.39, 0.29) is 11.8 Å². The first-order valence-corrected chi connectivity index (χ1v) is 11.1. The number of nitrogens with zero attached hydrogens (tertiary/aromatic N) is 2. The van der Waals surface area contributed by atoms with Gasteiger partial charge in [-0.3, -0.25) is 9.52 Å². The van der Waals surface area contributed by atoms with Crippen molar-refractivity contribution in [3.8, 4) is 0 Å². The molecule has 1 aliphatic rings. The van der Waals surface area contributed by atoms with Gasteiger partial charge in [-0.2, -0.15) is 0 Å². The van der Waals surface area contributed by atoms with Crippen LogP contribution in [0.1, 0.15) is 34.9 Å². The van der Waals surface area contributed by atoms with Gasteiger partial charge in [-0.1, -0.05) is 24.3 Å². The van der Waals surface area contributed by atoms with Crippen molar-refractivity contribution in [1.82, 2.24) is 14.9 Å². The second-order valence-electron chi connectivity index (χ2n) is 7.15. The van der Waals surface area contributed by atoms with Gasteiger partial charge in [0, 0.05) is 19.0 Å². The van der Waals surface area contributed by atoms with Crippen molar-refractivity contribution in [3.63, 3.8) is 0 Å². The monoisotopic (exact) mass is 398 g/mol. The lowest BCUT2D eigenvalue weighted by atomic mass is 9.96. The van der Waals surface area contributed by atoms with Crippen LogP contribution in [-0.4, -0.2) is 48.5 Å². The van der Waals surface area contributed by atoms with Gasteiger partial charge in [0.1, 0.15) is 5.82 Å². The lowest BCUT2D eigenvalue weighted by Crippen LogP contribution is -2.39. The highest BCUT2D eigenvalue weighted by atomic mass is 32.2. The molecule has 1 amide bonds. The van der Waals surface area contributed by atoms with Crippen LogP contribution >= 0.6 is 0 Å². The molecule has 0 saturated carbocycles. The van der Waals surface area contributed by atoms with E-state index < -0.39 is 10.0 Å². The van der Waals surface area contributed by atoms with E-state index in [0.717, 1.165) is 36.0 Å². The van der Waals surface area contributed by atoms with Crippen LogP contribution in [0, 0.1) is 0 Å². The Hall–Kier alpha value is -2.87. The number of aromatic nitrogens is 2. The van der Waals surface area contributed by atoms with Crippen molar-refractivity contribution >= 4 is 32.7 Å². The SMILES string of the molecule is CS(=O)(=O)Nc1ccccc1C(=O)N1CCC[C@H](c2nc3ccccc3[nH]2)C1. The summed E-state index contributed by atoms with van der Waals surface area (Å²) in [6.45, 7) is 1.19. The summed E-state index contributed by atoms with van der Waals surface area (Å²) in [4.78, 5) is 22.9. The average Bonchev–Trinajstić information content (AvgIpc) is 3.11. The molecule has 7 nitrogen and oxygen atoms in total. The molecule has 0 unspecified atom stereocenters. The largest absolute Gasteiger partial charge is 0.342 e. The Kier molecular flexibility index (Phi) is 4.80. The van der Waals surface area contributed by atoms with E-state index in [9.17, 15) is 13.2 Å². The third-order valence-corrected chi connectivity index (χ3v) is 5.55. The van der Waals surface area contributed by atoms with Crippen LogP contribution in [0.4, 0.5) is 5.69 Å². The quantitative estimate of drug-likeness (QED) is 0.706. The Morgan fingerprint density at radius 2 is 1.93 bits per heavy atom. The topological polar surface area (TPSA) is 95.2 Å². The first kappa shape index (κ1) is 18.5. The van der Waals surface area contributed by atoms with Crippen LogP contribution in [0.2, 0.25) is 0 Å². The second-order valence-corrected chi connectivity index (χ2v) is 8.90. The number of sulfonamides is 1. The maximum absolute atomic E-state index is 13.1. The third-order valence-electron chi connectivity index (χ3n) is 4.96. The van der Waals surface area contributed by atoms with E-state index in [1.165, 1.54) is 0 Å². The van der Waals surface area contributed by atoms with Crippen LogP contribution in [0.5, 0.6) is 0 Å². The van der Waals surface area contributed by atoms with Crippen LogP contribution in [-0.2, 0) is 10.0 Å². The van der Waals surface area contributed by atoms with Crippen molar-refractivity contribution in [2.75, 3.05) is 24.1 Å². The summed E-state index contributed by atoms with van der Waals surface area (Å²) >= 11 is 0. The standard InChI is InChI=1S/C20H22N4O3S/c1-28(26,27)23-16-9-3-2-8-15(16)20(25)24-12-6-7-14(13-24)19-21-17-10-4-5-11-18(17)22-19/h2-5,8-11,14,23H,6-7,12-13H2,1H3,(H,21,22)/t14-/m0/s1. The van der Waals surface area contributed by atoms with Gasteiger partial charge in [-0.25, -0.2) is 13.4 Å². The zero-order valence-corrected chi connectivity index (χ0v) is 16.4. The van der Waals surface area contributed by atoms with Gasteiger partial charge in [-0.15, -0.1) is 0 Å². The molecule has 4 rings (SSSR count). The van der Waals surface area contributed by atoms with Crippen molar-refractivity contribution in [3.05, 3.63) is 59.9 Å². The number of likely N-dealkylation sites (tertiary alicyclic amines) is 1. The van der Waals surface area contributed by atoms with Crippen molar-refractivity contribution < 1.29 is 13.2 Å². The number of benzene rings is 2. The van der Waals surface area contributed by atoms with Crippen LogP contribution < -0.4 is 4.72 Å². The zero-order chi connectivity index (χ0) is 19.7. The Balaban J connectivity index is 1.57. The number of nitrogens with one attached hydrogen (secondary N) is 2. The molecule has 1 fully saturated rings. The minimum Gasteiger partial charge on any atom is -0.342 e. The summed E-state index contributed by atoms with van der Waals surface area (Å²) in [6, 6.07) is 14.6. The summed E-state index contributed by atoms with van der Waals surface area (Å²) in [5.41, 5.74) is 2.58. The highest BCUT2D eigenvalue weighted by Crippen LogP contribution is 2.28. The Morgan fingerprint density at radius 1 is 1.18 bits per heavy atom. The van der Waals surface area contributed by atoms with Gasteiger partial charge < -0.3 is 9.88 Å². The maximum atomic E-state index is 13.1.